The average molecular weight is 466 g/mol. The fourth-order valence-corrected chi connectivity index (χ4v) is 5.51. The van der Waals surface area contributed by atoms with Crippen molar-refractivity contribution in [3.63, 3.8) is 0 Å². The monoisotopic (exact) mass is 466 g/mol. The van der Waals surface area contributed by atoms with Crippen LogP contribution < -0.4 is 10.2 Å². The lowest BCUT2D eigenvalue weighted by atomic mass is 9.67. The van der Waals surface area contributed by atoms with Crippen LogP contribution in [-0.4, -0.2) is 40.3 Å². The van der Waals surface area contributed by atoms with E-state index in [-0.39, 0.29) is 18.7 Å². The second-order valence-corrected chi connectivity index (χ2v) is 9.05. The molecule has 2 aromatic carbocycles. The molecule has 0 unspecified atom stereocenters. The molecule has 1 spiro atoms. The Morgan fingerprint density at radius 3 is 2.59 bits per heavy atom. The Kier molecular flexibility index (Phi) is 5.30. The molecule has 10 heteroatoms. The van der Waals surface area contributed by atoms with Gasteiger partial charge in [-0.1, -0.05) is 25.0 Å². The summed E-state index contributed by atoms with van der Waals surface area (Å²) in [5.74, 6) is -1.74. The number of urea groups is 1. The van der Waals surface area contributed by atoms with Crippen LogP contribution in [0.2, 0.25) is 0 Å². The molecule has 0 bridgehead atoms. The van der Waals surface area contributed by atoms with Gasteiger partial charge in [0.2, 0.25) is 11.8 Å². The lowest BCUT2D eigenvalue weighted by molar-refractivity contribution is -0.384. The minimum Gasteiger partial charge on any atom is -0.367 e. The van der Waals surface area contributed by atoms with Crippen LogP contribution in [0, 0.1) is 21.3 Å². The van der Waals surface area contributed by atoms with E-state index < -0.39 is 40.0 Å². The van der Waals surface area contributed by atoms with Crippen LogP contribution in [0.15, 0.2) is 42.5 Å². The van der Waals surface area contributed by atoms with Crippen LogP contribution >= 0.6 is 0 Å². The van der Waals surface area contributed by atoms with Crippen molar-refractivity contribution in [2.45, 2.75) is 44.7 Å². The van der Waals surface area contributed by atoms with Crippen molar-refractivity contribution in [1.29, 1.82) is 0 Å². The summed E-state index contributed by atoms with van der Waals surface area (Å²) in [4.78, 5) is 54.1. The predicted octanol–water partition coefficient (Wildman–Crippen LogP) is 3.30. The van der Waals surface area contributed by atoms with E-state index in [4.69, 9.17) is 0 Å². The molecule has 2 fully saturated rings. The van der Waals surface area contributed by atoms with Crippen LogP contribution in [0.1, 0.15) is 36.8 Å². The summed E-state index contributed by atoms with van der Waals surface area (Å²) in [6, 6.07) is 8.68. The molecule has 5 rings (SSSR count). The number of rotatable bonds is 3. The fraction of sp³-hybridized carbons (Fsp3) is 0.375. The first kappa shape index (κ1) is 22.0. The summed E-state index contributed by atoms with van der Waals surface area (Å²) >= 11 is 0. The van der Waals surface area contributed by atoms with Gasteiger partial charge in [0.15, 0.2) is 5.41 Å². The molecule has 1 N–H and O–H groups in total. The summed E-state index contributed by atoms with van der Waals surface area (Å²) < 4.78 is 13.4. The zero-order valence-corrected chi connectivity index (χ0v) is 18.3. The zero-order chi connectivity index (χ0) is 24.0. The van der Waals surface area contributed by atoms with Gasteiger partial charge in [0.1, 0.15) is 5.82 Å². The molecule has 0 aliphatic carbocycles. The number of non-ortho nitro benzene ring substituents is 1. The number of carbonyl (C=O) groups excluding carboxylic acids is 3. The van der Waals surface area contributed by atoms with E-state index in [0.29, 0.717) is 24.1 Å². The molecule has 3 heterocycles. The number of nitro benzene ring substituents is 1. The topological polar surface area (TPSA) is 113 Å². The van der Waals surface area contributed by atoms with Gasteiger partial charge in [-0.15, -0.1) is 0 Å². The first-order chi connectivity index (χ1) is 16.3. The van der Waals surface area contributed by atoms with E-state index in [1.54, 1.807) is 6.07 Å². The van der Waals surface area contributed by atoms with Gasteiger partial charge < -0.3 is 4.90 Å². The summed E-state index contributed by atoms with van der Waals surface area (Å²) in [6.07, 6.45) is 3.14. The molecule has 176 valence electrons. The molecule has 34 heavy (non-hydrogen) atoms. The standard InChI is InChI=1S/C24H23FN4O5/c25-17-7-5-15(6-8-17)14-28-22(31)24(21(30)26-23(28)32)13-16-12-18(29(33)34)9-10-19(16)27-11-3-1-2-4-20(24)27/h5-10,12,20H,1-4,11,13-14H2,(H,26,30,32)/t20-,24-/m0/s1. The number of barbiturate groups is 1. The number of hydrogen-bond donors (Lipinski definition) is 1. The summed E-state index contributed by atoms with van der Waals surface area (Å²) in [6.45, 7) is 0.484. The van der Waals surface area contributed by atoms with Gasteiger partial charge in [-0.3, -0.25) is 29.9 Å². The van der Waals surface area contributed by atoms with Gasteiger partial charge in [0.25, 0.3) is 5.69 Å². The van der Waals surface area contributed by atoms with Crippen molar-refractivity contribution < 1.29 is 23.7 Å². The van der Waals surface area contributed by atoms with E-state index in [9.17, 15) is 28.9 Å². The molecule has 2 atom stereocenters. The molecule has 0 saturated carbocycles. The average Bonchev–Trinajstić information content (AvgIpc) is 3.08. The van der Waals surface area contributed by atoms with Gasteiger partial charge in [-0.2, -0.15) is 0 Å². The van der Waals surface area contributed by atoms with E-state index >= 15 is 0 Å². The third-order valence-corrected chi connectivity index (χ3v) is 7.13. The Balaban J connectivity index is 1.61. The second kappa shape index (κ2) is 8.19. The van der Waals surface area contributed by atoms with Crippen LogP contribution in [0.5, 0.6) is 0 Å². The van der Waals surface area contributed by atoms with Crippen LogP contribution in [0.3, 0.4) is 0 Å². The van der Waals surface area contributed by atoms with Crippen LogP contribution in [0.25, 0.3) is 0 Å². The first-order valence-electron chi connectivity index (χ1n) is 11.3. The number of benzene rings is 2. The quantitative estimate of drug-likeness (QED) is 0.422. The van der Waals surface area contributed by atoms with Crippen molar-refractivity contribution >= 4 is 29.2 Å². The van der Waals surface area contributed by atoms with Gasteiger partial charge in [0.05, 0.1) is 17.5 Å². The summed E-state index contributed by atoms with van der Waals surface area (Å²) in [5.41, 5.74) is 0.141. The van der Waals surface area contributed by atoms with Gasteiger partial charge in [0, 0.05) is 30.8 Å². The SMILES string of the molecule is O=C1NC(=O)[C@@]2(Cc3cc([N+](=O)[O-])ccc3N3CCCCC[C@H]32)C(=O)N1Cc1ccc(F)cc1. The number of fused-ring (bicyclic) bond motifs is 4. The van der Waals surface area contributed by atoms with Crippen molar-refractivity contribution in [3.8, 4) is 0 Å². The van der Waals surface area contributed by atoms with E-state index in [2.05, 4.69) is 5.32 Å². The minimum absolute atomic E-state index is 0.0386. The lowest BCUT2D eigenvalue weighted by Gasteiger charge is -2.51. The Labute approximate surface area is 194 Å². The molecule has 3 aliphatic heterocycles. The molecular weight excluding hydrogens is 443 g/mol. The molecule has 9 nitrogen and oxygen atoms in total. The largest absolute Gasteiger partial charge is 0.367 e. The number of anilines is 1. The smallest absolute Gasteiger partial charge is 0.331 e. The Hall–Kier alpha value is -3.82. The molecule has 0 aromatic heterocycles. The summed E-state index contributed by atoms with van der Waals surface area (Å²) in [5, 5.41) is 13.8. The predicted molar refractivity (Wildman–Crippen MR) is 119 cm³/mol. The molecule has 2 saturated heterocycles. The fourth-order valence-electron chi connectivity index (χ4n) is 5.51. The van der Waals surface area contributed by atoms with Crippen molar-refractivity contribution in [2.75, 3.05) is 11.4 Å². The zero-order valence-electron chi connectivity index (χ0n) is 18.3. The molecule has 2 aromatic rings. The normalized spacial score (nSPS) is 24.4. The Morgan fingerprint density at radius 2 is 1.85 bits per heavy atom. The lowest BCUT2D eigenvalue weighted by Crippen LogP contribution is -2.71. The number of amides is 4. The number of hydrogen-bond acceptors (Lipinski definition) is 6. The number of nitrogens with zero attached hydrogens (tertiary/aromatic N) is 3. The summed E-state index contributed by atoms with van der Waals surface area (Å²) in [7, 11) is 0. The highest BCUT2D eigenvalue weighted by atomic mass is 19.1. The van der Waals surface area contributed by atoms with Crippen molar-refractivity contribution in [1.82, 2.24) is 10.2 Å². The third kappa shape index (κ3) is 3.41. The van der Waals surface area contributed by atoms with Crippen LogP contribution in [-0.2, 0) is 22.6 Å². The van der Waals surface area contributed by atoms with Crippen LogP contribution in [0.4, 0.5) is 20.6 Å². The number of nitro groups is 1. The number of nitrogens with one attached hydrogen (secondary N) is 1. The molecule has 4 amide bonds. The van der Waals surface area contributed by atoms with E-state index in [0.717, 1.165) is 29.8 Å². The van der Waals surface area contributed by atoms with Gasteiger partial charge in [-0.25, -0.2) is 9.18 Å². The number of imide groups is 2. The molecule has 0 radical (unpaired) electrons. The van der Waals surface area contributed by atoms with Crippen molar-refractivity contribution in [2.24, 2.45) is 5.41 Å². The van der Waals surface area contributed by atoms with Gasteiger partial charge >= 0.3 is 6.03 Å². The second-order valence-electron chi connectivity index (χ2n) is 9.05. The van der Waals surface area contributed by atoms with E-state index in [1.165, 1.54) is 36.4 Å². The molecular formula is C24H23FN4O5. The Morgan fingerprint density at radius 1 is 1.09 bits per heavy atom. The third-order valence-electron chi connectivity index (χ3n) is 7.13. The first-order valence-corrected chi connectivity index (χ1v) is 11.3. The number of halogens is 1. The number of carbonyl (C=O) groups is 3. The minimum atomic E-state index is -1.60. The maximum Gasteiger partial charge on any atom is 0.331 e. The van der Waals surface area contributed by atoms with Crippen molar-refractivity contribution in [3.05, 3.63) is 69.5 Å². The molecule has 3 aliphatic rings. The highest BCUT2D eigenvalue weighted by Gasteiger charge is 2.61. The highest BCUT2D eigenvalue weighted by molar-refractivity contribution is 6.20. The maximum atomic E-state index is 14.0. The van der Waals surface area contributed by atoms with Gasteiger partial charge in [-0.05, 0) is 42.2 Å². The maximum absolute atomic E-state index is 14.0. The Bertz CT molecular complexity index is 1200. The van der Waals surface area contributed by atoms with E-state index in [1.807, 2.05) is 4.90 Å². The highest BCUT2D eigenvalue weighted by Crippen LogP contribution is 2.48.